The molecule has 0 aliphatic heterocycles. The van der Waals surface area contributed by atoms with Crippen molar-refractivity contribution in [3.05, 3.63) is 83.2 Å². The van der Waals surface area contributed by atoms with Gasteiger partial charge in [-0.25, -0.2) is 8.78 Å². The number of allylic oxidation sites excluding steroid dienone is 2. The van der Waals surface area contributed by atoms with Gasteiger partial charge in [0.1, 0.15) is 5.82 Å². The summed E-state index contributed by atoms with van der Waals surface area (Å²) in [7, 11) is 0. The first-order valence-electron chi connectivity index (χ1n) is 12.3. The Morgan fingerprint density at radius 2 is 1.85 bits per heavy atom. The Hall–Kier alpha value is -2.53. The Bertz CT molecular complexity index is 978. The average Bonchev–Trinajstić information content (AvgIpc) is 2.84. The van der Waals surface area contributed by atoms with Crippen LogP contribution in [0.4, 0.5) is 13.2 Å². The molecule has 0 amide bonds. The van der Waals surface area contributed by atoms with Gasteiger partial charge in [0, 0.05) is 5.56 Å². The summed E-state index contributed by atoms with van der Waals surface area (Å²) in [5, 5.41) is 10.1. The largest absolute Gasteiger partial charge is 0.490 e. The Morgan fingerprint density at radius 1 is 1.09 bits per heavy atom. The molecule has 0 aromatic heterocycles. The van der Waals surface area contributed by atoms with Crippen molar-refractivity contribution in [1.29, 1.82) is 0 Å². The SMILES string of the molecule is C=CCCCOc1ccc(C2CCC(/C=C/c3ccc(C(O)CCC)cc3F)CC2)c(F)c1F. The van der Waals surface area contributed by atoms with E-state index in [1.54, 1.807) is 30.4 Å². The monoisotopic (exact) mass is 472 g/mol. The molecule has 0 radical (unpaired) electrons. The zero-order valence-corrected chi connectivity index (χ0v) is 19.9. The van der Waals surface area contributed by atoms with Gasteiger partial charge in [-0.05, 0) is 80.0 Å². The molecule has 1 aliphatic rings. The molecular weight excluding hydrogens is 437 g/mol. The summed E-state index contributed by atoms with van der Waals surface area (Å²) in [5.74, 6) is -1.89. The molecule has 0 saturated heterocycles. The molecule has 34 heavy (non-hydrogen) atoms. The minimum atomic E-state index is -0.916. The van der Waals surface area contributed by atoms with Crippen LogP contribution < -0.4 is 4.74 Å². The van der Waals surface area contributed by atoms with Crippen molar-refractivity contribution in [2.24, 2.45) is 5.92 Å². The number of hydrogen-bond donors (Lipinski definition) is 1. The maximum absolute atomic E-state index is 14.7. The van der Waals surface area contributed by atoms with E-state index in [-0.39, 0.29) is 23.4 Å². The molecule has 2 nitrogen and oxygen atoms in total. The first-order chi connectivity index (χ1) is 16.4. The zero-order chi connectivity index (χ0) is 24.5. The van der Waals surface area contributed by atoms with Crippen LogP contribution >= 0.6 is 0 Å². The molecule has 184 valence electrons. The Balaban J connectivity index is 1.56. The molecule has 0 bridgehead atoms. The maximum atomic E-state index is 14.7. The number of aliphatic hydroxyl groups excluding tert-OH is 1. The predicted octanol–water partition coefficient (Wildman–Crippen LogP) is 8.27. The number of unbranched alkanes of at least 4 members (excludes halogenated alkanes) is 1. The van der Waals surface area contributed by atoms with Crippen LogP contribution in [0.2, 0.25) is 0 Å². The summed E-state index contributed by atoms with van der Waals surface area (Å²) in [4.78, 5) is 0. The van der Waals surface area contributed by atoms with Gasteiger partial charge in [-0.15, -0.1) is 6.58 Å². The highest BCUT2D eigenvalue weighted by Gasteiger charge is 2.26. The van der Waals surface area contributed by atoms with E-state index in [2.05, 4.69) is 6.58 Å². The van der Waals surface area contributed by atoms with Gasteiger partial charge in [0.15, 0.2) is 11.6 Å². The number of aliphatic hydroxyl groups is 1. The highest BCUT2D eigenvalue weighted by Crippen LogP contribution is 2.39. The number of benzene rings is 2. The van der Waals surface area contributed by atoms with Crippen LogP contribution in [-0.4, -0.2) is 11.7 Å². The van der Waals surface area contributed by atoms with Crippen molar-refractivity contribution < 1.29 is 23.0 Å². The summed E-state index contributed by atoms with van der Waals surface area (Å²) >= 11 is 0. The molecule has 0 spiro atoms. The number of hydrogen-bond acceptors (Lipinski definition) is 2. The second-order valence-corrected chi connectivity index (χ2v) is 9.12. The van der Waals surface area contributed by atoms with E-state index < -0.39 is 17.7 Å². The first-order valence-corrected chi connectivity index (χ1v) is 12.3. The van der Waals surface area contributed by atoms with Gasteiger partial charge < -0.3 is 9.84 Å². The summed E-state index contributed by atoms with van der Waals surface area (Å²) in [6.45, 7) is 5.93. The third-order valence-electron chi connectivity index (χ3n) is 6.62. The van der Waals surface area contributed by atoms with Crippen LogP contribution in [0.15, 0.2) is 49.1 Å². The fraction of sp³-hybridized carbons (Fsp3) is 0.448. The van der Waals surface area contributed by atoms with Gasteiger partial charge >= 0.3 is 0 Å². The van der Waals surface area contributed by atoms with Crippen molar-refractivity contribution in [2.75, 3.05) is 6.61 Å². The Kier molecular flexibility index (Phi) is 9.82. The summed E-state index contributed by atoms with van der Waals surface area (Å²) in [6, 6.07) is 8.04. The first kappa shape index (κ1) is 26.1. The summed E-state index contributed by atoms with van der Waals surface area (Å²) in [5.41, 5.74) is 1.50. The van der Waals surface area contributed by atoms with E-state index in [1.807, 2.05) is 13.0 Å². The molecule has 1 aliphatic carbocycles. The molecule has 1 fully saturated rings. The topological polar surface area (TPSA) is 29.5 Å². The summed E-state index contributed by atoms with van der Waals surface area (Å²) in [6.07, 6.45) is 11.0. The van der Waals surface area contributed by atoms with Crippen LogP contribution in [-0.2, 0) is 0 Å². The van der Waals surface area contributed by atoms with Gasteiger partial charge in [0.25, 0.3) is 0 Å². The zero-order valence-electron chi connectivity index (χ0n) is 19.9. The molecule has 1 N–H and O–H groups in total. The van der Waals surface area contributed by atoms with E-state index in [0.717, 1.165) is 38.5 Å². The lowest BCUT2D eigenvalue weighted by atomic mass is 9.78. The number of rotatable bonds is 11. The Morgan fingerprint density at radius 3 is 2.53 bits per heavy atom. The quantitative estimate of drug-likeness (QED) is 0.263. The Labute approximate surface area is 201 Å². The molecule has 2 aromatic rings. The molecule has 1 saturated carbocycles. The van der Waals surface area contributed by atoms with Gasteiger partial charge in [0.2, 0.25) is 5.82 Å². The van der Waals surface area contributed by atoms with Crippen LogP contribution in [0.1, 0.15) is 87.0 Å². The molecule has 2 aromatic carbocycles. The lowest BCUT2D eigenvalue weighted by molar-refractivity contribution is 0.166. The molecule has 3 rings (SSSR count). The molecular formula is C29H35F3O2. The van der Waals surface area contributed by atoms with Gasteiger partial charge in [-0.2, -0.15) is 4.39 Å². The van der Waals surface area contributed by atoms with Gasteiger partial charge in [0.05, 0.1) is 12.7 Å². The summed E-state index contributed by atoms with van der Waals surface area (Å²) < 4.78 is 49.1. The third-order valence-corrected chi connectivity index (χ3v) is 6.62. The van der Waals surface area contributed by atoms with Gasteiger partial charge in [-0.1, -0.05) is 49.8 Å². The fourth-order valence-corrected chi connectivity index (χ4v) is 4.57. The van der Waals surface area contributed by atoms with E-state index in [9.17, 15) is 18.3 Å². The fourth-order valence-electron chi connectivity index (χ4n) is 4.57. The van der Waals surface area contributed by atoms with E-state index in [1.165, 1.54) is 12.1 Å². The lowest BCUT2D eigenvalue weighted by Gasteiger charge is -2.27. The van der Waals surface area contributed by atoms with E-state index in [0.29, 0.717) is 36.1 Å². The van der Waals surface area contributed by atoms with E-state index in [4.69, 9.17) is 4.74 Å². The van der Waals surface area contributed by atoms with Crippen molar-refractivity contribution >= 4 is 6.08 Å². The minimum absolute atomic E-state index is 0.0370. The van der Waals surface area contributed by atoms with Crippen molar-refractivity contribution in [1.82, 2.24) is 0 Å². The predicted molar refractivity (Wildman–Crippen MR) is 131 cm³/mol. The number of halogens is 3. The smallest absolute Gasteiger partial charge is 0.200 e. The maximum Gasteiger partial charge on any atom is 0.200 e. The highest BCUT2D eigenvalue weighted by atomic mass is 19.2. The molecule has 5 heteroatoms. The highest BCUT2D eigenvalue weighted by molar-refractivity contribution is 5.51. The standard InChI is InChI=1S/C29H35F3O2/c1-3-5-6-18-34-27-17-16-24(28(31)29(27)32)21-11-8-20(9-12-21)10-13-22-14-15-23(19-25(22)30)26(33)7-4-2/h3,10,13-17,19-21,26,33H,1,4-9,11-12,18H2,2H3/b13-10+. The lowest BCUT2D eigenvalue weighted by Crippen LogP contribution is -2.14. The number of ether oxygens (including phenoxy) is 1. The molecule has 0 heterocycles. The van der Waals surface area contributed by atoms with Crippen molar-refractivity contribution in [3.8, 4) is 5.75 Å². The molecule has 1 unspecified atom stereocenters. The normalized spacial score (nSPS) is 19.3. The van der Waals surface area contributed by atoms with Crippen LogP contribution in [0.3, 0.4) is 0 Å². The second kappa shape index (κ2) is 12.8. The minimum Gasteiger partial charge on any atom is -0.490 e. The van der Waals surface area contributed by atoms with E-state index >= 15 is 0 Å². The van der Waals surface area contributed by atoms with Gasteiger partial charge in [-0.3, -0.25) is 0 Å². The third kappa shape index (κ3) is 6.75. The van der Waals surface area contributed by atoms with Crippen LogP contribution in [0.25, 0.3) is 6.08 Å². The second-order valence-electron chi connectivity index (χ2n) is 9.12. The van der Waals surface area contributed by atoms with Crippen molar-refractivity contribution in [3.63, 3.8) is 0 Å². The van der Waals surface area contributed by atoms with Crippen LogP contribution in [0.5, 0.6) is 5.75 Å². The average molecular weight is 473 g/mol. The van der Waals surface area contributed by atoms with Crippen LogP contribution in [0, 0.1) is 23.4 Å². The molecule has 1 atom stereocenters. The van der Waals surface area contributed by atoms with Crippen molar-refractivity contribution in [2.45, 2.75) is 70.3 Å².